The molecule has 0 saturated carbocycles. The van der Waals surface area contributed by atoms with Gasteiger partial charge < -0.3 is 4.90 Å². The maximum Gasteiger partial charge on any atom is 0.217 e. The smallest absolute Gasteiger partial charge is 0.217 e. The molecule has 0 N–H and O–H groups in total. The minimum Gasteiger partial charge on any atom is -0.347 e. The van der Waals surface area contributed by atoms with Crippen LogP contribution in [0.1, 0.15) is 38.8 Å². The fourth-order valence-corrected chi connectivity index (χ4v) is 5.65. The third-order valence-electron chi connectivity index (χ3n) is 7.18. The first-order valence-electron chi connectivity index (χ1n) is 10.5. The van der Waals surface area contributed by atoms with Gasteiger partial charge in [-0.1, -0.05) is 61.8 Å². The molecule has 0 spiro atoms. The molecule has 152 valence electrons. The van der Waals surface area contributed by atoms with Crippen molar-refractivity contribution in [3.05, 3.63) is 82.5 Å². The van der Waals surface area contributed by atoms with E-state index in [2.05, 4.69) is 106 Å². The summed E-state index contributed by atoms with van der Waals surface area (Å²) in [5.41, 5.74) is 7.68. The average Bonchev–Trinajstić information content (AvgIpc) is 3.02. The van der Waals surface area contributed by atoms with E-state index in [1.165, 1.54) is 44.7 Å². The number of hydrogen-bond donors (Lipinski definition) is 0. The van der Waals surface area contributed by atoms with Gasteiger partial charge in [0.25, 0.3) is 0 Å². The molecule has 0 unspecified atom stereocenters. The molecule has 5 rings (SSSR count). The second kappa shape index (κ2) is 6.21. The normalized spacial score (nSPS) is 20.2. The van der Waals surface area contributed by atoms with Crippen molar-refractivity contribution in [3.63, 3.8) is 0 Å². The number of likely N-dealkylation sites (N-methyl/N-ethyl adjacent to an activating group) is 1. The first-order valence-corrected chi connectivity index (χ1v) is 10.9. The molecule has 0 bridgehead atoms. The molecule has 0 saturated heterocycles. The van der Waals surface area contributed by atoms with Crippen LogP contribution in [0.3, 0.4) is 0 Å². The van der Waals surface area contributed by atoms with Crippen LogP contribution >= 0.6 is 11.6 Å². The van der Waals surface area contributed by atoms with Crippen LogP contribution in [0.15, 0.2) is 66.4 Å². The van der Waals surface area contributed by atoms with Crippen molar-refractivity contribution < 1.29 is 4.58 Å². The number of hydrogen-bond acceptors (Lipinski definition) is 1. The molecule has 0 atom stereocenters. The van der Waals surface area contributed by atoms with E-state index in [-0.39, 0.29) is 10.8 Å². The van der Waals surface area contributed by atoms with Crippen LogP contribution in [0.2, 0.25) is 5.02 Å². The fourth-order valence-electron chi connectivity index (χ4n) is 5.48. The second-order valence-corrected chi connectivity index (χ2v) is 10.1. The molecule has 3 heteroatoms. The van der Waals surface area contributed by atoms with Gasteiger partial charge in [-0.25, -0.2) is 0 Å². The van der Waals surface area contributed by atoms with Gasteiger partial charge in [-0.3, -0.25) is 0 Å². The zero-order valence-electron chi connectivity index (χ0n) is 18.5. The van der Waals surface area contributed by atoms with E-state index in [4.69, 9.17) is 11.6 Å². The third-order valence-corrected chi connectivity index (χ3v) is 7.42. The predicted octanol–water partition coefficient (Wildman–Crippen LogP) is 6.81. The van der Waals surface area contributed by atoms with E-state index in [9.17, 15) is 0 Å². The molecular weight excluding hydrogens is 388 g/mol. The molecule has 2 nitrogen and oxygen atoms in total. The predicted molar refractivity (Wildman–Crippen MR) is 129 cm³/mol. The van der Waals surface area contributed by atoms with Gasteiger partial charge in [0, 0.05) is 40.5 Å². The first-order chi connectivity index (χ1) is 14.1. The topological polar surface area (TPSA) is 6.25 Å². The van der Waals surface area contributed by atoms with Crippen molar-refractivity contribution in [2.75, 3.05) is 19.0 Å². The summed E-state index contributed by atoms with van der Waals surface area (Å²) in [5, 5.41) is 3.38. The molecule has 0 aliphatic carbocycles. The Hall–Kier alpha value is -2.58. The van der Waals surface area contributed by atoms with Crippen LogP contribution in [0, 0.1) is 0 Å². The summed E-state index contributed by atoms with van der Waals surface area (Å²) in [4.78, 5) is 2.30. The van der Waals surface area contributed by atoms with Crippen molar-refractivity contribution in [3.8, 4) is 0 Å². The summed E-state index contributed by atoms with van der Waals surface area (Å²) in [7, 11) is 4.36. The molecule has 0 fully saturated rings. The van der Waals surface area contributed by atoms with Crippen molar-refractivity contribution in [1.82, 2.24) is 0 Å². The number of rotatable bonds is 1. The van der Waals surface area contributed by atoms with E-state index in [0.29, 0.717) is 0 Å². The Kier molecular flexibility index (Phi) is 4.02. The van der Waals surface area contributed by atoms with E-state index in [1.807, 2.05) is 6.07 Å². The van der Waals surface area contributed by atoms with Crippen molar-refractivity contribution in [1.29, 1.82) is 0 Å². The summed E-state index contributed by atoms with van der Waals surface area (Å²) in [6, 6.07) is 19.5. The van der Waals surface area contributed by atoms with Crippen molar-refractivity contribution >= 4 is 39.5 Å². The zero-order valence-corrected chi connectivity index (χ0v) is 19.3. The minimum absolute atomic E-state index is 0.0789. The Balaban J connectivity index is 1.74. The van der Waals surface area contributed by atoms with Crippen LogP contribution in [0.25, 0.3) is 10.8 Å². The summed E-state index contributed by atoms with van der Waals surface area (Å²) in [6.45, 7) is 9.28. The van der Waals surface area contributed by atoms with Gasteiger partial charge >= 0.3 is 0 Å². The van der Waals surface area contributed by atoms with Crippen LogP contribution in [-0.4, -0.2) is 24.4 Å². The highest BCUT2D eigenvalue weighted by molar-refractivity contribution is 6.31. The molecule has 0 aromatic heterocycles. The van der Waals surface area contributed by atoms with Gasteiger partial charge in [-0.2, -0.15) is 4.58 Å². The van der Waals surface area contributed by atoms with Crippen LogP contribution in [0.5, 0.6) is 0 Å². The zero-order chi connectivity index (χ0) is 21.4. The average molecular weight is 416 g/mol. The Morgan fingerprint density at radius 3 is 2.37 bits per heavy atom. The molecular formula is C27H28ClN2+. The number of allylic oxidation sites excluding steroid dienone is 2. The molecule has 2 heterocycles. The Bertz CT molecular complexity index is 1280. The second-order valence-electron chi connectivity index (χ2n) is 9.63. The third kappa shape index (κ3) is 2.46. The van der Waals surface area contributed by atoms with Crippen molar-refractivity contribution in [2.45, 2.75) is 38.5 Å². The standard InChI is InChI=1S/C27H28ClN2/c1-26(2)20-14-12-18(28)15-22(20)29(5)23(26)16-24-27(3,4)21-13-11-17-9-7-8-10-19(17)25(21)30(24)6/h7-16H,1-6H3/q+1. The molecule has 2 aliphatic heterocycles. The number of fused-ring (bicyclic) bond motifs is 4. The highest BCUT2D eigenvalue weighted by atomic mass is 35.5. The minimum atomic E-state index is -0.0879. The lowest BCUT2D eigenvalue weighted by Crippen LogP contribution is -2.31. The molecule has 2 aliphatic rings. The number of anilines is 1. The summed E-state index contributed by atoms with van der Waals surface area (Å²) in [6.07, 6.45) is 2.41. The van der Waals surface area contributed by atoms with E-state index >= 15 is 0 Å². The van der Waals surface area contributed by atoms with Gasteiger partial charge in [0.15, 0.2) is 5.71 Å². The Morgan fingerprint density at radius 1 is 0.900 bits per heavy atom. The number of benzene rings is 3. The van der Waals surface area contributed by atoms with Crippen LogP contribution < -0.4 is 4.90 Å². The monoisotopic (exact) mass is 415 g/mol. The van der Waals surface area contributed by atoms with Gasteiger partial charge in [0.2, 0.25) is 5.69 Å². The van der Waals surface area contributed by atoms with E-state index in [1.54, 1.807) is 0 Å². The Labute approximate surface area is 184 Å². The van der Waals surface area contributed by atoms with Crippen LogP contribution in [-0.2, 0) is 10.8 Å². The summed E-state index contributed by atoms with van der Waals surface area (Å²) in [5.74, 6) is 0. The van der Waals surface area contributed by atoms with Gasteiger partial charge in [-0.15, -0.1) is 0 Å². The Morgan fingerprint density at radius 2 is 1.60 bits per heavy atom. The fraction of sp³-hybridized carbons (Fsp3) is 0.296. The molecule has 0 radical (unpaired) electrons. The molecule has 30 heavy (non-hydrogen) atoms. The quantitative estimate of drug-likeness (QED) is 0.395. The summed E-state index contributed by atoms with van der Waals surface area (Å²) >= 11 is 6.33. The first kappa shape index (κ1) is 19.4. The highest BCUT2D eigenvalue weighted by Crippen LogP contribution is 2.49. The number of halogens is 1. The van der Waals surface area contributed by atoms with E-state index < -0.39 is 0 Å². The maximum absolute atomic E-state index is 6.33. The summed E-state index contributed by atoms with van der Waals surface area (Å²) < 4.78 is 2.39. The molecule has 3 aromatic carbocycles. The van der Waals surface area contributed by atoms with Gasteiger partial charge in [0.1, 0.15) is 7.05 Å². The van der Waals surface area contributed by atoms with Gasteiger partial charge in [-0.05, 0) is 43.0 Å². The lowest BCUT2D eigenvalue weighted by Gasteiger charge is -2.25. The van der Waals surface area contributed by atoms with Gasteiger partial charge in [0.05, 0.1) is 10.8 Å². The molecule has 0 amide bonds. The largest absolute Gasteiger partial charge is 0.347 e. The SMILES string of the molecule is CN1C(=CC2=[N+](C)c3c(ccc4ccccc34)C2(C)C)C(C)(C)c2ccc(Cl)cc21. The highest BCUT2D eigenvalue weighted by Gasteiger charge is 2.47. The van der Waals surface area contributed by atoms with E-state index in [0.717, 1.165) is 5.02 Å². The lowest BCUT2D eigenvalue weighted by molar-refractivity contribution is -0.399. The lowest BCUT2D eigenvalue weighted by atomic mass is 9.78. The maximum atomic E-state index is 6.33. The number of nitrogens with zero attached hydrogens (tertiary/aromatic N) is 2. The van der Waals surface area contributed by atoms with Crippen LogP contribution in [0.4, 0.5) is 11.4 Å². The molecule has 3 aromatic rings. The van der Waals surface area contributed by atoms with Crippen molar-refractivity contribution in [2.24, 2.45) is 0 Å².